The lowest BCUT2D eigenvalue weighted by Crippen LogP contribution is -2.54. The molecule has 1 heterocycles. The first-order valence-corrected chi connectivity index (χ1v) is 8.06. The molecular weight excluding hydrogens is 280 g/mol. The van der Waals surface area contributed by atoms with Gasteiger partial charge >= 0.3 is 6.09 Å². The zero-order valence-corrected chi connectivity index (χ0v) is 15.2. The van der Waals surface area contributed by atoms with Crippen LogP contribution in [0.25, 0.3) is 0 Å². The van der Waals surface area contributed by atoms with Gasteiger partial charge in [-0.05, 0) is 24.2 Å². The van der Waals surface area contributed by atoms with Crippen LogP contribution in [0.1, 0.15) is 54.4 Å². The Bertz CT molecular complexity index is 407. The molecule has 1 saturated heterocycles. The Morgan fingerprint density at radius 2 is 1.73 bits per heavy atom. The number of carbonyl (C=O) groups excluding carboxylic acids is 2. The molecule has 0 spiro atoms. The van der Waals surface area contributed by atoms with Gasteiger partial charge in [0.05, 0.1) is 7.11 Å². The van der Waals surface area contributed by atoms with Crippen LogP contribution in [0, 0.1) is 16.7 Å². The Labute approximate surface area is 134 Å². The summed E-state index contributed by atoms with van der Waals surface area (Å²) in [6.45, 7) is 13.5. The van der Waals surface area contributed by atoms with Crippen molar-refractivity contribution in [2.45, 2.75) is 60.4 Å². The quantitative estimate of drug-likeness (QED) is 0.852. The minimum Gasteiger partial charge on any atom is -0.453 e. The van der Waals surface area contributed by atoms with E-state index < -0.39 is 5.41 Å². The van der Waals surface area contributed by atoms with Crippen LogP contribution in [-0.4, -0.2) is 43.1 Å². The number of hydrogen-bond donors (Lipinski definition) is 1. The topological polar surface area (TPSA) is 58.6 Å². The summed E-state index contributed by atoms with van der Waals surface area (Å²) in [7, 11) is 1.40. The summed E-state index contributed by atoms with van der Waals surface area (Å²) in [5.74, 6) is 0.400. The number of ether oxygens (including phenoxy) is 1. The molecule has 2 unspecified atom stereocenters. The van der Waals surface area contributed by atoms with Gasteiger partial charge in [-0.15, -0.1) is 0 Å². The van der Waals surface area contributed by atoms with Gasteiger partial charge in [0.25, 0.3) is 0 Å². The van der Waals surface area contributed by atoms with Crippen molar-refractivity contribution in [1.29, 1.82) is 0 Å². The summed E-state index contributed by atoms with van der Waals surface area (Å²) in [6, 6.07) is -0.00748. The maximum Gasteiger partial charge on any atom is 0.409 e. The number of rotatable bonds is 2. The van der Waals surface area contributed by atoms with E-state index >= 15 is 0 Å². The van der Waals surface area contributed by atoms with Crippen LogP contribution in [0.15, 0.2) is 0 Å². The summed E-state index contributed by atoms with van der Waals surface area (Å²) < 4.78 is 4.86. The monoisotopic (exact) mass is 312 g/mol. The van der Waals surface area contributed by atoms with E-state index in [-0.39, 0.29) is 23.5 Å². The van der Waals surface area contributed by atoms with Crippen molar-refractivity contribution >= 4 is 12.0 Å². The molecule has 0 saturated carbocycles. The minimum atomic E-state index is -0.424. The number of amides is 2. The molecule has 2 atom stereocenters. The lowest BCUT2D eigenvalue weighted by atomic mass is 9.80. The normalized spacial score (nSPS) is 23.1. The second-order valence-electron chi connectivity index (χ2n) is 8.66. The number of likely N-dealkylation sites (tertiary alicyclic amines) is 1. The van der Waals surface area contributed by atoms with Gasteiger partial charge in [-0.25, -0.2) is 4.79 Å². The number of piperidine rings is 1. The lowest BCUT2D eigenvalue weighted by molar-refractivity contribution is -0.129. The van der Waals surface area contributed by atoms with Crippen LogP contribution in [0.3, 0.4) is 0 Å². The fourth-order valence-corrected chi connectivity index (χ4v) is 3.00. The molecule has 22 heavy (non-hydrogen) atoms. The van der Waals surface area contributed by atoms with E-state index in [4.69, 9.17) is 4.74 Å². The van der Waals surface area contributed by atoms with E-state index in [1.165, 1.54) is 7.11 Å². The van der Waals surface area contributed by atoms with Crippen molar-refractivity contribution < 1.29 is 14.3 Å². The fraction of sp³-hybridized carbons (Fsp3) is 0.882. The van der Waals surface area contributed by atoms with Gasteiger partial charge in [-0.1, -0.05) is 41.5 Å². The molecule has 0 aromatic heterocycles. The first kappa shape index (κ1) is 18.8. The van der Waals surface area contributed by atoms with Gasteiger partial charge in [-0.2, -0.15) is 0 Å². The van der Waals surface area contributed by atoms with Crippen molar-refractivity contribution in [3.63, 3.8) is 0 Å². The van der Waals surface area contributed by atoms with Crippen LogP contribution in [0.2, 0.25) is 0 Å². The van der Waals surface area contributed by atoms with Crippen LogP contribution in [0.5, 0.6) is 0 Å². The molecule has 5 nitrogen and oxygen atoms in total. The number of hydrogen-bond acceptors (Lipinski definition) is 3. The van der Waals surface area contributed by atoms with Crippen molar-refractivity contribution in [3.05, 3.63) is 0 Å². The Balaban J connectivity index is 2.79. The highest BCUT2D eigenvalue weighted by atomic mass is 16.5. The standard InChI is InChI=1S/C17H32N2O3/c1-16(2,3)9-12-8-13(18-14(20)17(4,5)6)11-19(10-12)15(21)22-7/h12-13H,8-11H2,1-7H3,(H,18,20). The zero-order valence-electron chi connectivity index (χ0n) is 15.2. The molecule has 128 valence electrons. The Kier molecular flexibility index (Phi) is 5.88. The molecule has 0 aliphatic carbocycles. The van der Waals surface area contributed by atoms with Crippen molar-refractivity contribution in [2.24, 2.45) is 16.7 Å². The molecule has 0 radical (unpaired) electrons. The first-order valence-electron chi connectivity index (χ1n) is 8.06. The third kappa shape index (κ3) is 5.85. The highest BCUT2D eigenvalue weighted by molar-refractivity contribution is 5.81. The minimum absolute atomic E-state index is 0.00748. The van der Waals surface area contributed by atoms with Crippen LogP contribution in [0.4, 0.5) is 4.79 Å². The van der Waals surface area contributed by atoms with Gasteiger partial charge in [0.15, 0.2) is 0 Å². The van der Waals surface area contributed by atoms with Gasteiger partial charge in [-0.3, -0.25) is 4.79 Å². The van der Waals surface area contributed by atoms with E-state index in [9.17, 15) is 9.59 Å². The van der Waals surface area contributed by atoms with Crippen LogP contribution >= 0.6 is 0 Å². The third-order valence-corrected chi connectivity index (χ3v) is 3.89. The maximum absolute atomic E-state index is 12.2. The van der Waals surface area contributed by atoms with E-state index in [2.05, 4.69) is 26.1 Å². The molecule has 1 fully saturated rings. The third-order valence-electron chi connectivity index (χ3n) is 3.89. The van der Waals surface area contributed by atoms with E-state index in [1.807, 2.05) is 20.8 Å². The Morgan fingerprint density at radius 1 is 1.14 bits per heavy atom. The second-order valence-corrected chi connectivity index (χ2v) is 8.66. The van der Waals surface area contributed by atoms with Crippen LogP contribution in [-0.2, 0) is 9.53 Å². The van der Waals surface area contributed by atoms with Gasteiger partial charge in [0.2, 0.25) is 5.91 Å². The summed E-state index contributed by atoms with van der Waals surface area (Å²) in [5.41, 5.74) is -0.227. The molecule has 0 aromatic carbocycles. The molecule has 0 aromatic rings. The van der Waals surface area contributed by atoms with Crippen molar-refractivity contribution in [1.82, 2.24) is 10.2 Å². The second kappa shape index (κ2) is 6.88. The summed E-state index contributed by atoms with van der Waals surface area (Å²) in [4.78, 5) is 25.8. The van der Waals surface area contributed by atoms with Gasteiger partial charge in [0, 0.05) is 24.5 Å². The molecule has 0 bridgehead atoms. The summed E-state index contributed by atoms with van der Waals surface area (Å²) in [5, 5.41) is 3.10. The molecular formula is C17H32N2O3. The molecule has 1 rings (SSSR count). The Morgan fingerprint density at radius 3 is 2.18 bits per heavy atom. The number of methoxy groups -OCH3 is 1. The van der Waals surface area contributed by atoms with E-state index in [0.29, 0.717) is 19.0 Å². The average molecular weight is 312 g/mol. The summed E-state index contributed by atoms with van der Waals surface area (Å²) >= 11 is 0. The predicted octanol–water partition coefficient (Wildman–Crippen LogP) is 3.04. The Hall–Kier alpha value is -1.26. The van der Waals surface area contributed by atoms with Crippen molar-refractivity contribution in [3.8, 4) is 0 Å². The van der Waals surface area contributed by atoms with Crippen LogP contribution < -0.4 is 5.32 Å². The van der Waals surface area contributed by atoms with Gasteiger partial charge < -0.3 is 15.0 Å². The largest absolute Gasteiger partial charge is 0.453 e. The molecule has 2 amide bonds. The molecule has 1 N–H and O–H groups in total. The lowest BCUT2D eigenvalue weighted by Gasteiger charge is -2.40. The number of carbonyl (C=O) groups is 2. The fourth-order valence-electron chi connectivity index (χ4n) is 3.00. The van der Waals surface area contributed by atoms with E-state index in [1.54, 1.807) is 4.90 Å². The smallest absolute Gasteiger partial charge is 0.409 e. The molecule has 1 aliphatic heterocycles. The van der Waals surface area contributed by atoms with Gasteiger partial charge in [0.1, 0.15) is 0 Å². The highest BCUT2D eigenvalue weighted by Crippen LogP contribution is 2.30. The first-order chi connectivity index (χ1) is 9.92. The number of nitrogens with zero attached hydrogens (tertiary/aromatic N) is 1. The number of nitrogens with one attached hydrogen (secondary N) is 1. The molecule has 1 aliphatic rings. The average Bonchev–Trinajstić information content (AvgIpc) is 2.34. The van der Waals surface area contributed by atoms with E-state index in [0.717, 1.165) is 12.8 Å². The van der Waals surface area contributed by atoms with Crippen molar-refractivity contribution in [2.75, 3.05) is 20.2 Å². The summed E-state index contributed by atoms with van der Waals surface area (Å²) in [6.07, 6.45) is 1.61. The maximum atomic E-state index is 12.2. The molecule has 5 heteroatoms. The highest BCUT2D eigenvalue weighted by Gasteiger charge is 2.34. The zero-order chi connectivity index (χ0) is 17.1. The predicted molar refractivity (Wildman–Crippen MR) is 87.5 cm³/mol. The SMILES string of the molecule is COC(=O)N1CC(CC(C)(C)C)CC(NC(=O)C(C)(C)C)C1.